The van der Waals surface area contributed by atoms with E-state index in [1.54, 1.807) is 24.0 Å². The second kappa shape index (κ2) is 11.9. The van der Waals surface area contributed by atoms with Crippen molar-refractivity contribution in [1.82, 2.24) is 9.97 Å². The summed E-state index contributed by atoms with van der Waals surface area (Å²) in [6.07, 6.45) is 3.11. The van der Waals surface area contributed by atoms with Gasteiger partial charge in [0.05, 0.1) is 0 Å². The number of rotatable bonds is 1. The molecule has 4 aromatic carbocycles. The van der Waals surface area contributed by atoms with Gasteiger partial charge in [-0.05, 0) is 50.6 Å². The third-order valence-corrected chi connectivity index (χ3v) is 8.70. The summed E-state index contributed by atoms with van der Waals surface area (Å²) in [5, 5.41) is 16.1. The van der Waals surface area contributed by atoms with Crippen molar-refractivity contribution < 1.29 is 38.8 Å². The molecule has 0 unspecified atom stereocenters. The van der Waals surface area contributed by atoms with Crippen LogP contribution >= 0.6 is 11.8 Å². The number of ketones is 1. The normalized spacial score (nSPS) is 12.9. The number of aliphatic hydroxyl groups excluding tert-OH is 1. The van der Waals surface area contributed by atoms with Crippen LogP contribution in [-0.4, -0.2) is 20.9 Å². The summed E-state index contributed by atoms with van der Waals surface area (Å²) in [6, 6.07) is 21.3. The van der Waals surface area contributed by atoms with Crippen molar-refractivity contribution in [2.45, 2.75) is 51.5 Å². The van der Waals surface area contributed by atoms with Crippen molar-refractivity contribution in [3.63, 3.8) is 0 Å². The predicted octanol–water partition coefficient (Wildman–Crippen LogP) is 10.4. The molecule has 45 heavy (non-hydrogen) atoms. The Kier molecular flexibility index (Phi) is 8.64. The van der Waals surface area contributed by atoms with Crippen molar-refractivity contribution in [2.24, 2.45) is 10.8 Å². The van der Waals surface area contributed by atoms with Gasteiger partial charge in [-0.15, -0.1) is 23.9 Å². The minimum absolute atomic E-state index is 0. The molecule has 0 atom stereocenters. The van der Waals surface area contributed by atoms with Crippen LogP contribution in [0.5, 0.6) is 0 Å². The Morgan fingerprint density at radius 2 is 1.56 bits per heavy atom. The van der Waals surface area contributed by atoms with Crippen LogP contribution in [0, 0.1) is 28.5 Å². The fourth-order valence-electron chi connectivity index (χ4n) is 5.10. The van der Waals surface area contributed by atoms with Crippen molar-refractivity contribution in [1.29, 1.82) is 0 Å². The average Bonchev–Trinajstić information content (AvgIpc) is 2.95. The van der Waals surface area contributed by atoms with E-state index in [9.17, 15) is 18.7 Å². The second-order valence-corrected chi connectivity index (χ2v) is 14.1. The standard InChI is InChI=1S/C26H11F2N2S.C11H20O2.Ir/c27-14-10-18-16(21(28)11-14)6-5-15-17-7-8-29-25-20-9-13-3-1-2-4-22(13)30-26(20)31-23(24(17)25)12-19(15)18;1-10(2,3)8(12)7-9(13)11(4,5)6;/h1-8,10-12H;7,12H,1-6H3;/q-1;;/b;8-7-;. The van der Waals surface area contributed by atoms with Gasteiger partial charge in [-0.3, -0.25) is 9.78 Å². The summed E-state index contributed by atoms with van der Waals surface area (Å²) < 4.78 is 28.5. The maximum Gasteiger partial charge on any atom is 0.164 e. The third-order valence-electron chi connectivity index (χ3n) is 7.67. The number of hydrogen-bond acceptors (Lipinski definition) is 5. The van der Waals surface area contributed by atoms with Crippen molar-refractivity contribution in [3.05, 3.63) is 96.4 Å². The Morgan fingerprint density at radius 1 is 0.867 bits per heavy atom. The molecule has 0 bridgehead atoms. The zero-order valence-corrected chi connectivity index (χ0v) is 28.9. The number of hydrogen-bond donors (Lipinski definition) is 1. The molecule has 0 saturated heterocycles. The molecule has 4 nitrogen and oxygen atoms in total. The van der Waals surface area contributed by atoms with Crippen molar-refractivity contribution >= 4 is 60.8 Å². The largest absolute Gasteiger partial charge is 0.512 e. The van der Waals surface area contributed by atoms with E-state index in [0.717, 1.165) is 59.7 Å². The number of carbonyl (C=O) groups excluding carboxylic acids is 1. The number of benzene rings is 4. The monoisotopic (exact) mass is 798 g/mol. The van der Waals surface area contributed by atoms with Crippen LogP contribution in [-0.2, 0) is 24.9 Å². The Hall–Kier alpha value is -3.71. The van der Waals surface area contributed by atoms with Crippen LogP contribution < -0.4 is 0 Å². The van der Waals surface area contributed by atoms with Crippen LogP contribution in [0.1, 0.15) is 41.5 Å². The average molecular weight is 798 g/mol. The van der Waals surface area contributed by atoms with Gasteiger partial charge in [0.25, 0.3) is 0 Å². The van der Waals surface area contributed by atoms with Gasteiger partial charge in [0.2, 0.25) is 0 Å². The van der Waals surface area contributed by atoms with Gasteiger partial charge in [0.15, 0.2) is 5.78 Å². The third kappa shape index (κ3) is 6.11. The Labute approximate surface area is 278 Å². The van der Waals surface area contributed by atoms with E-state index < -0.39 is 17.0 Å². The van der Waals surface area contributed by atoms with Gasteiger partial charge in [0.1, 0.15) is 17.4 Å². The van der Waals surface area contributed by atoms with E-state index in [1.807, 2.05) is 84.0 Å². The summed E-state index contributed by atoms with van der Waals surface area (Å²) in [6.45, 7) is 11.1. The number of aromatic nitrogens is 2. The van der Waals surface area contributed by atoms with Gasteiger partial charge >= 0.3 is 0 Å². The topological polar surface area (TPSA) is 63.1 Å². The predicted molar refractivity (Wildman–Crippen MR) is 175 cm³/mol. The molecule has 0 amide bonds. The Morgan fingerprint density at radius 3 is 2.27 bits per heavy atom. The summed E-state index contributed by atoms with van der Waals surface area (Å²) in [5.41, 5.74) is 1.84. The Bertz CT molecular complexity index is 2180. The number of allylic oxidation sites excluding steroid dienone is 2. The molecule has 231 valence electrons. The molecule has 1 radical (unpaired) electrons. The van der Waals surface area contributed by atoms with Gasteiger partial charge in [-0.1, -0.05) is 82.8 Å². The first-order valence-electron chi connectivity index (χ1n) is 14.3. The molecule has 0 saturated carbocycles. The molecule has 1 N–H and O–H groups in total. The smallest absolute Gasteiger partial charge is 0.164 e. The summed E-state index contributed by atoms with van der Waals surface area (Å²) in [7, 11) is 0. The second-order valence-electron chi connectivity index (χ2n) is 13.0. The van der Waals surface area contributed by atoms with E-state index in [2.05, 4.69) is 11.1 Å². The van der Waals surface area contributed by atoms with Gasteiger partial charge in [0, 0.05) is 70.3 Å². The fraction of sp³-hybridized carbons (Fsp3) is 0.216. The maximum atomic E-state index is 14.4. The number of fused-ring (bicyclic) bond motifs is 7. The quantitative estimate of drug-likeness (QED) is 0.0776. The summed E-state index contributed by atoms with van der Waals surface area (Å²) >= 11 is 1.55. The van der Waals surface area contributed by atoms with Gasteiger partial charge in [-0.25, -0.2) is 8.78 Å². The van der Waals surface area contributed by atoms with E-state index in [4.69, 9.17) is 4.98 Å². The zero-order chi connectivity index (χ0) is 31.6. The maximum absolute atomic E-state index is 14.4. The first-order valence-corrected chi connectivity index (χ1v) is 15.1. The van der Waals surface area contributed by atoms with Crippen LogP contribution in [0.4, 0.5) is 8.78 Å². The first kappa shape index (κ1) is 32.7. The SMILES string of the molecule is CC(C)(C)C(=O)/C=C(\O)C(C)(C)C.Fc1cc(F)c2ccc3c4ccnc5c4c(cc3c2c1)Sc1nc2ccccc2[c-]c1-5.[Ir]. The van der Waals surface area contributed by atoms with E-state index in [1.165, 1.54) is 12.1 Å². The number of carbonyl (C=O) groups is 1. The van der Waals surface area contributed by atoms with Gasteiger partial charge < -0.3 is 10.1 Å². The Balaban J connectivity index is 0.000000246. The number of halogens is 2. The number of pyridine rings is 2. The molecule has 0 aliphatic carbocycles. The summed E-state index contributed by atoms with van der Waals surface area (Å²) in [5.74, 6) is -1.03. The van der Waals surface area contributed by atoms with Crippen LogP contribution in [0.3, 0.4) is 0 Å². The fourth-order valence-corrected chi connectivity index (χ4v) is 6.19. The minimum atomic E-state index is -0.581. The first-order chi connectivity index (χ1) is 20.7. The molecular weight excluding hydrogens is 767 g/mol. The van der Waals surface area contributed by atoms with Crippen LogP contribution in [0.25, 0.3) is 54.5 Å². The molecule has 1 aliphatic rings. The van der Waals surface area contributed by atoms with E-state index >= 15 is 0 Å². The molecule has 0 fully saturated rings. The van der Waals surface area contributed by atoms with Crippen molar-refractivity contribution in [3.8, 4) is 11.3 Å². The van der Waals surface area contributed by atoms with E-state index in [-0.39, 0.29) is 37.1 Å². The summed E-state index contributed by atoms with van der Waals surface area (Å²) in [4.78, 5) is 22.0. The van der Waals surface area contributed by atoms with Gasteiger partial charge in [-0.2, -0.15) is 0 Å². The molecule has 2 aromatic heterocycles. The molecule has 7 rings (SSSR count). The number of aliphatic hydroxyl groups is 1. The van der Waals surface area contributed by atoms with Crippen LogP contribution in [0.15, 0.2) is 88.6 Å². The molecular formula is C37H31F2IrN2O2S-. The zero-order valence-electron chi connectivity index (χ0n) is 25.7. The molecule has 1 aliphatic heterocycles. The molecule has 3 heterocycles. The molecule has 0 spiro atoms. The van der Waals surface area contributed by atoms with E-state index in [0.29, 0.717) is 10.8 Å². The van der Waals surface area contributed by atoms with Crippen LogP contribution in [0.2, 0.25) is 0 Å². The molecule has 6 aromatic rings. The number of para-hydroxylation sites is 1. The molecule has 8 heteroatoms. The van der Waals surface area contributed by atoms with Crippen molar-refractivity contribution in [2.75, 3.05) is 0 Å². The minimum Gasteiger partial charge on any atom is -0.512 e. The number of nitrogens with zero attached hydrogens (tertiary/aromatic N) is 2.